The number of carboxylic acid groups (broad SMARTS) is 1. The summed E-state index contributed by atoms with van der Waals surface area (Å²) in [5.74, 6) is -1.03. The number of carboxylic acids is 1. The van der Waals surface area contributed by atoms with Gasteiger partial charge in [0.15, 0.2) is 0 Å². The van der Waals surface area contributed by atoms with E-state index in [4.69, 9.17) is 4.74 Å². The summed E-state index contributed by atoms with van der Waals surface area (Å²) in [7, 11) is 1.63. The summed E-state index contributed by atoms with van der Waals surface area (Å²) in [6, 6.07) is -0.195. The Morgan fingerprint density at radius 1 is 1.35 bits per heavy atom. The van der Waals surface area contributed by atoms with Crippen LogP contribution < -0.4 is 10.6 Å². The molecule has 0 heterocycles. The molecule has 116 valence electrons. The number of aliphatic carboxylic acids is 1. The van der Waals surface area contributed by atoms with E-state index in [1.807, 2.05) is 6.92 Å². The van der Waals surface area contributed by atoms with E-state index in [1.165, 1.54) is 0 Å². The number of rotatable bonds is 7. The molecule has 1 fully saturated rings. The van der Waals surface area contributed by atoms with Crippen molar-refractivity contribution in [2.75, 3.05) is 20.3 Å². The largest absolute Gasteiger partial charge is 0.481 e. The third-order valence-corrected chi connectivity index (χ3v) is 3.88. The molecule has 6 nitrogen and oxygen atoms in total. The second-order valence-electron chi connectivity index (χ2n) is 5.53. The Kier molecular flexibility index (Phi) is 7.36. The minimum Gasteiger partial charge on any atom is -0.481 e. The number of carbonyl (C=O) groups is 2. The third kappa shape index (κ3) is 5.77. The number of hydrogen-bond acceptors (Lipinski definition) is 3. The van der Waals surface area contributed by atoms with Crippen molar-refractivity contribution in [2.45, 2.75) is 45.1 Å². The molecule has 1 aliphatic rings. The maximum absolute atomic E-state index is 11.7. The summed E-state index contributed by atoms with van der Waals surface area (Å²) in [4.78, 5) is 22.9. The van der Waals surface area contributed by atoms with Crippen LogP contribution >= 0.6 is 0 Å². The molecule has 1 aliphatic carbocycles. The third-order valence-electron chi connectivity index (χ3n) is 3.88. The maximum Gasteiger partial charge on any atom is 0.315 e. The van der Waals surface area contributed by atoms with Crippen LogP contribution in [0.15, 0.2) is 0 Å². The van der Waals surface area contributed by atoms with Crippen LogP contribution in [0.5, 0.6) is 0 Å². The van der Waals surface area contributed by atoms with Crippen molar-refractivity contribution in [1.29, 1.82) is 0 Å². The summed E-state index contributed by atoms with van der Waals surface area (Å²) < 4.78 is 4.95. The molecule has 3 atom stereocenters. The topological polar surface area (TPSA) is 87.7 Å². The molecule has 0 spiro atoms. The van der Waals surface area contributed by atoms with Crippen LogP contribution in [0, 0.1) is 11.8 Å². The van der Waals surface area contributed by atoms with Crippen LogP contribution in [0.2, 0.25) is 0 Å². The Hall–Kier alpha value is -1.30. The summed E-state index contributed by atoms with van der Waals surface area (Å²) in [5.41, 5.74) is 0. The molecular formula is C14H26N2O4. The molecule has 0 aromatic heterocycles. The minimum atomic E-state index is -0.745. The summed E-state index contributed by atoms with van der Waals surface area (Å²) in [6.07, 6.45) is 4.35. The smallest absolute Gasteiger partial charge is 0.315 e. The molecule has 0 radical (unpaired) electrons. The van der Waals surface area contributed by atoms with Crippen molar-refractivity contribution in [3.05, 3.63) is 0 Å². The van der Waals surface area contributed by atoms with Crippen molar-refractivity contribution in [3.8, 4) is 0 Å². The van der Waals surface area contributed by atoms with E-state index in [1.54, 1.807) is 7.11 Å². The van der Waals surface area contributed by atoms with Crippen molar-refractivity contribution in [3.63, 3.8) is 0 Å². The Morgan fingerprint density at radius 3 is 2.70 bits per heavy atom. The molecule has 2 amide bonds. The van der Waals surface area contributed by atoms with Gasteiger partial charge in [-0.25, -0.2) is 4.79 Å². The van der Waals surface area contributed by atoms with Gasteiger partial charge in [0.2, 0.25) is 0 Å². The molecule has 0 aromatic carbocycles. The number of hydrogen-bond donors (Lipinski definition) is 3. The van der Waals surface area contributed by atoms with Crippen LogP contribution in [0.1, 0.15) is 39.0 Å². The highest BCUT2D eigenvalue weighted by atomic mass is 16.5. The molecule has 1 rings (SSSR count). The number of ether oxygens (including phenoxy) is 1. The summed E-state index contributed by atoms with van der Waals surface area (Å²) in [5, 5.41) is 14.8. The molecule has 0 saturated heterocycles. The highest BCUT2D eigenvalue weighted by molar-refractivity contribution is 5.74. The predicted molar refractivity (Wildman–Crippen MR) is 75.6 cm³/mol. The average Bonchev–Trinajstić information content (AvgIpc) is 2.43. The van der Waals surface area contributed by atoms with Gasteiger partial charge < -0.3 is 20.5 Å². The minimum absolute atomic E-state index is 0.0385. The molecule has 3 N–H and O–H groups in total. The van der Waals surface area contributed by atoms with E-state index < -0.39 is 5.97 Å². The lowest BCUT2D eigenvalue weighted by Gasteiger charge is -2.28. The molecule has 1 saturated carbocycles. The van der Waals surface area contributed by atoms with Crippen molar-refractivity contribution < 1.29 is 19.4 Å². The zero-order valence-electron chi connectivity index (χ0n) is 12.4. The van der Waals surface area contributed by atoms with Crippen LogP contribution in [-0.2, 0) is 9.53 Å². The van der Waals surface area contributed by atoms with Crippen molar-refractivity contribution in [2.24, 2.45) is 11.8 Å². The first-order valence-corrected chi connectivity index (χ1v) is 7.30. The van der Waals surface area contributed by atoms with Gasteiger partial charge in [0.05, 0.1) is 5.92 Å². The van der Waals surface area contributed by atoms with Crippen LogP contribution in [0.4, 0.5) is 4.79 Å². The molecule has 3 unspecified atom stereocenters. The highest BCUT2D eigenvalue weighted by Crippen LogP contribution is 2.29. The van der Waals surface area contributed by atoms with Gasteiger partial charge in [-0.05, 0) is 32.1 Å². The molecule has 6 heteroatoms. The Bertz CT molecular complexity index is 322. The van der Waals surface area contributed by atoms with Crippen LogP contribution in [-0.4, -0.2) is 43.4 Å². The second kappa shape index (κ2) is 8.79. The van der Waals surface area contributed by atoms with Crippen LogP contribution in [0.25, 0.3) is 0 Å². The molecule has 0 aromatic rings. The van der Waals surface area contributed by atoms with Gasteiger partial charge in [0.25, 0.3) is 0 Å². The van der Waals surface area contributed by atoms with Gasteiger partial charge in [-0.15, -0.1) is 0 Å². The van der Waals surface area contributed by atoms with E-state index in [-0.39, 0.29) is 23.9 Å². The summed E-state index contributed by atoms with van der Waals surface area (Å²) in [6.45, 7) is 2.95. The zero-order chi connectivity index (χ0) is 15.0. The van der Waals surface area contributed by atoms with E-state index >= 15 is 0 Å². The van der Waals surface area contributed by atoms with Gasteiger partial charge in [-0.1, -0.05) is 12.8 Å². The Morgan fingerprint density at radius 2 is 2.05 bits per heavy atom. The van der Waals surface area contributed by atoms with Gasteiger partial charge in [-0.2, -0.15) is 0 Å². The highest BCUT2D eigenvalue weighted by Gasteiger charge is 2.30. The number of methoxy groups -OCH3 is 1. The maximum atomic E-state index is 11.7. The van der Waals surface area contributed by atoms with Gasteiger partial charge in [0, 0.05) is 26.3 Å². The number of nitrogens with one attached hydrogen (secondary N) is 2. The fourth-order valence-electron chi connectivity index (χ4n) is 2.64. The number of urea groups is 1. The van der Waals surface area contributed by atoms with Gasteiger partial charge >= 0.3 is 12.0 Å². The lowest BCUT2D eigenvalue weighted by atomic mass is 9.79. The van der Waals surface area contributed by atoms with Crippen LogP contribution in [0.3, 0.4) is 0 Å². The zero-order valence-corrected chi connectivity index (χ0v) is 12.4. The normalized spacial score (nSPS) is 23.9. The SMILES string of the molecule is COCCC(C)NC(=O)NCC1CCCCC1C(=O)O. The van der Waals surface area contributed by atoms with E-state index in [0.717, 1.165) is 25.7 Å². The molecule has 0 aliphatic heterocycles. The van der Waals surface area contributed by atoms with Crippen molar-refractivity contribution >= 4 is 12.0 Å². The first-order valence-electron chi connectivity index (χ1n) is 7.30. The molecule has 0 bridgehead atoms. The average molecular weight is 286 g/mol. The van der Waals surface area contributed by atoms with E-state index in [9.17, 15) is 14.7 Å². The number of amides is 2. The number of carbonyl (C=O) groups excluding carboxylic acids is 1. The molecular weight excluding hydrogens is 260 g/mol. The van der Waals surface area contributed by atoms with Gasteiger partial charge in [0.1, 0.15) is 0 Å². The second-order valence-corrected chi connectivity index (χ2v) is 5.53. The Labute approximate surface area is 120 Å². The first-order chi connectivity index (χ1) is 9.54. The van der Waals surface area contributed by atoms with Crippen molar-refractivity contribution in [1.82, 2.24) is 10.6 Å². The Balaban J connectivity index is 2.30. The fourth-order valence-corrected chi connectivity index (χ4v) is 2.64. The standard InChI is InChI=1S/C14H26N2O4/c1-10(7-8-20-2)16-14(19)15-9-11-5-3-4-6-12(11)13(17)18/h10-12H,3-9H2,1-2H3,(H,17,18)(H2,15,16,19). The van der Waals surface area contributed by atoms with E-state index in [0.29, 0.717) is 19.6 Å². The lowest BCUT2D eigenvalue weighted by Crippen LogP contribution is -2.44. The lowest BCUT2D eigenvalue weighted by molar-refractivity contribution is -0.144. The predicted octanol–water partition coefficient (Wildman–Crippen LogP) is 1.60. The molecule has 20 heavy (non-hydrogen) atoms. The van der Waals surface area contributed by atoms with E-state index in [2.05, 4.69) is 10.6 Å². The summed E-state index contributed by atoms with van der Waals surface area (Å²) >= 11 is 0. The quantitative estimate of drug-likeness (QED) is 0.663. The van der Waals surface area contributed by atoms with Gasteiger partial charge in [-0.3, -0.25) is 4.79 Å². The first kappa shape index (κ1) is 16.8. The monoisotopic (exact) mass is 286 g/mol. The fraction of sp³-hybridized carbons (Fsp3) is 0.857.